The Bertz CT molecular complexity index is 1530. The molecule has 0 bridgehead atoms. The standard InChI is InChI=1S/C37H43N3O8/c1-20-24-14-12-22(8-6-16-36(3)30(47-36)28(24)45-34(20)43)18-38-32(41)26-10-5-11-27(40-26)33(42)39-19-23-9-7-17-37(4)31(48-37)29-25(15-13-23)21(2)35(44)46-29/h5,8-11,24-25,28-31H,1-2,6-7,12-19H2,3-4H3,(H,38,41)(H,39,42)/b22-8+,23-9+/t24-,25+,28-,29?,30-,31?,36+,37-/m0/s1. The molecule has 11 nitrogen and oxygen atoms in total. The van der Waals surface area contributed by atoms with Gasteiger partial charge in [-0.3, -0.25) is 9.59 Å². The third-order valence-corrected chi connectivity index (χ3v) is 11.0. The topological polar surface area (TPSA) is 149 Å². The van der Waals surface area contributed by atoms with Crippen LogP contribution in [0.5, 0.6) is 0 Å². The number of rotatable bonds is 6. The first-order valence-electron chi connectivity index (χ1n) is 17.0. The van der Waals surface area contributed by atoms with E-state index in [1.165, 1.54) is 0 Å². The Labute approximate surface area is 280 Å². The summed E-state index contributed by atoms with van der Waals surface area (Å²) >= 11 is 0. The first kappa shape index (κ1) is 32.5. The third-order valence-electron chi connectivity index (χ3n) is 11.0. The van der Waals surface area contributed by atoms with Crippen molar-refractivity contribution in [3.63, 3.8) is 0 Å². The summed E-state index contributed by atoms with van der Waals surface area (Å²) in [7, 11) is 0. The fourth-order valence-corrected chi connectivity index (χ4v) is 7.82. The van der Waals surface area contributed by atoms with E-state index in [2.05, 4.69) is 40.9 Å². The molecule has 48 heavy (non-hydrogen) atoms. The van der Waals surface area contributed by atoms with E-state index in [9.17, 15) is 19.2 Å². The van der Waals surface area contributed by atoms with Crippen molar-refractivity contribution in [3.8, 4) is 0 Å². The van der Waals surface area contributed by atoms with Gasteiger partial charge in [-0.15, -0.1) is 0 Å². The molecule has 2 amide bonds. The van der Waals surface area contributed by atoms with Crippen LogP contribution in [-0.2, 0) is 28.5 Å². The molecule has 0 radical (unpaired) electrons. The monoisotopic (exact) mass is 657 g/mol. The number of epoxide rings is 2. The summed E-state index contributed by atoms with van der Waals surface area (Å²) in [6.07, 6.45) is 9.28. The smallest absolute Gasteiger partial charge is 0.334 e. The molecule has 1 aromatic heterocycles. The Kier molecular flexibility index (Phi) is 8.40. The molecule has 11 heteroatoms. The summed E-state index contributed by atoms with van der Waals surface area (Å²) in [5, 5.41) is 5.92. The van der Waals surface area contributed by atoms with Crippen LogP contribution < -0.4 is 10.6 Å². The second kappa shape index (κ2) is 12.4. The molecule has 0 saturated carbocycles. The number of hydrogen-bond acceptors (Lipinski definition) is 9. The van der Waals surface area contributed by atoms with Gasteiger partial charge in [0.05, 0.1) is 11.2 Å². The van der Waals surface area contributed by atoms with E-state index in [1.807, 2.05) is 13.8 Å². The van der Waals surface area contributed by atoms with Crippen LogP contribution in [0.4, 0.5) is 0 Å². The summed E-state index contributed by atoms with van der Waals surface area (Å²) in [5.41, 5.74) is 2.70. The second-order valence-electron chi connectivity index (χ2n) is 14.4. The summed E-state index contributed by atoms with van der Waals surface area (Å²) in [6, 6.07) is 4.82. The number of fused-ring (bicyclic) bond motifs is 6. The number of hydrogen-bond donors (Lipinski definition) is 2. The summed E-state index contributed by atoms with van der Waals surface area (Å²) in [6.45, 7) is 12.7. The van der Waals surface area contributed by atoms with E-state index in [1.54, 1.807) is 18.2 Å². The number of pyridine rings is 1. The lowest BCUT2D eigenvalue weighted by Crippen LogP contribution is -2.31. The van der Waals surface area contributed by atoms with Gasteiger partial charge in [0.15, 0.2) is 0 Å². The maximum Gasteiger partial charge on any atom is 0.334 e. The van der Waals surface area contributed by atoms with E-state index in [0.717, 1.165) is 36.8 Å². The van der Waals surface area contributed by atoms with E-state index in [4.69, 9.17) is 18.9 Å². The van der Waals surface area contributed by atoms with Crippen molar-refractivity contribution in [1.82, 2.24) is 15.6 Å². The minimum absolute atomic E-state index is 0.107. The lowest BCUT2D eigenvalue weighted by atomic mass is 9.84. The van der Waals surface area contributed by atoms with Gasteiger partial charge in [0.2, 0.25) is 0 Å². The van der Waals surface area contributed by atoms with Gasteiger partial charge in [0.25, 0.3) is 11.8 Å². The highest BCUT2D eigenvalue weighted by atomic mass is 16.7. The zero-order chi connectivity index (χ0) is 33.8. The Morgan fingerprint density at radius 1 is 0.792 bits per heavy atom. The number of ether oxygens (including phenoxy) is 4. The van der Waals surface area contributed by atoms with E-state index < -0.39 is 0 Å². The normalized spacial score (nSPS) is 37.9. The van der Waals surface area contributed by atoms with Crippen LogP contribution in [0.2, 0.25) is 0 Å². The first-order valence-corrected chi connectivity index (χ1v) is 17.0. The van der Waals surface area contributed by atoms with Crippen molar-refractivity contribution < 1.29 is 38.1 Å². The van der Waals surface area contributed by atoms with Gasteiger partial charge < -0.3 is 29.6 Å². The van der Waals surface area contributed by atoms with Crippen molar-refractivity contribution in [2.45, 2.75) is 101 Å². The number of nitrogens with one attached hydrogen (secondary N) is 2. The maximum atomic E-state index is 13.2. The SMILES string of the molecule is C=C1C(=O)OC2C3O[C@@]3(C)CC/C=C(/CNC(=O)c3cccc(C(=O)NC/C4=C/CC[C@@]5(C)O[C@H]5[C@H]5OC(=O)C(=C)[C@@H]5CC4)n3)CC[C@H]12. The molecule has 7 rings (SSSR count). The Balaban J connectivity index is 0.946. The molecule has 2 N–H and O–H groups in total. The summed E-state index contributed by atoms with van der Waals surface area (Å²) < 4.78 is 23.2. The highest BCUT2D eigenvalue weighted by Gasteiger charge is 2.62. The van der Waals surface area contributed by atoms with Gasteiger partial charge in [-0.1, -0.05) is 42.5 Å². The Morgan fingerprint density at radius 2 is 1.23 bits per heavy atom. The van der Waals surface area contributed by atoms with E-state index in [0.29, 0.717) is 49.9 Å². The molecule has 8 atom stereocenters. The van der Waals surface area contributed by atoms with Crippen LogP contribution in [0.25, 0.3) is 0 Å². The maximum absolute atomic E-state index is 13.2. The minimum atomic E-state index is -0.380. The highest BCUT2D eigenvalue weighted by Crippen LogP contribution is 2.51. The second-order valence-corrected chi connectivity index (χ2v) is 14.4. The van der Waals surface area contributed by atoms with E-state index in [-0.39, 0.29) is 82.6 Å². The largest absolute Gasteiger partial charge is 0.455 e. The van der Waals surface area contributed by atoms with Gasteiger partial charge in [-0.2, -0.15) is 0 Å². The van der Waals surface area contributed by atoms with Crippen molar-refractivity contribution in [2.24, 2.45) is 11.8 Å². The lowest BCUT2D eigenvalue weighted by molar-refractivity contribution is -0.140. The van der Waals surface area contributed by atoms with Gasteiger partial charge in [0.1, 0.15) is 35.8 Å². The van der Waals surface area contributed by atoms with Gasteiger partial charge in [0, 0.05) is 36.1 Å². The predicted octanol–water partition coefficient (Wildman–Crippen LogP) is 4.05. The number of aromatic nitrogens is 1. The fraction of sp³-hybridized carbons (Fsp3) is 0.541. The van der Waals surface area contributed by atoms with Crippen LogP contribution in [0, 0.1) is 11.8 Å². The number of nitrogens with zero attached hydrogens (tertiary/aromatic N) is 1. The summed E-state index contributed by atoms with van der Waals surface area (Å²) in [5.74, 6) is -1.71. The zero-order valence-electron chi connectivity index (χ0n) is 27.5. The highest BCUT2D eigenvalue weighted by molar-refractivity contribution is 5.96. The quantitative estimate of drug-likeness (QED) is 0.200. The molecule has 4 saturated heterocycles. The van der Waals surface area contributed by atoms with E-state index >= 15 is 0 Å². The zero-order valence-corrected chi connectivity index (χ0v) is 27.5. The van der Waals surface area contributed by atoms with Gasteiger partial charge in [-0.25, -0.2) is 14.6 Å². The van der Waals surface area contributed by atoms with Crippen molar-refractivity contribution in [2.75, 3.05) is 13.1 Å². The van der Waals surface area contributed by atoms with Crippen molar-refractivity contribution in [1.29, 1.82) is 0 Å². The average molecular weight is 658 g/mol. The lowest BCUT2D eigenvalue weighted by Gasteiger charge is -2.20. The number of allylic oxidation sites excluding steroid dienone is 2. The van der Waals surface area contributed by atoms with Gasteiger partial charge >= 0.3 is 11.9 Å². The Hall–Kier alpha value is -4.09. The molecule has 0 spiro atoms. The minimum Gasteiger partial charge on any atom is -0.455 e. The molecule has 4 aliphatic heterocycles. The number of carbonyl (C=O) groups is 4. The predicted molar refractivity (Wildman–Crippen MR) is 174 cm³/mol. The molecule has 6 aliphatic rings. The molecule has 254 valence electrons. The molecule has 2 unspecified atom stereocenters. The number of amides is 2. The number of esters is 2. The molecule has 0 aromatic carbocycles. The van der Waals surface area contributed by atoms with Crippen LogP contribution >= 0.6 is 0 Å². The molecule has 1 aromatic rings. The van der Waals surface area contributed by atoms with Crippen molar-refractivity contribution >= 4 is 23.8 Å². The van der Waals surface area contributed by atoms with Crippen molar-refractivity contribution in [3.05, 3.63) is 77.2 Å². The average Bonchev–Trinajstić information content (AvgIpc) is 3.88. The molecular formula is C37H43N3O8. The number of carbonyl (C=O) groups excluding carboxylic acids is 4. The fourth-order valence-electron chi connectivity index (χ4n) is 7.82. The first-order chi connectivity index (χ1) is 23.0. The third kappa shape index (κ3) is 6.25. The molecular weight excluding hydrogens is 614 g/mol. The van der Waals surface area contributed by atoms with Gasteiger partial charge in [-0.05, 0) is 77.3 Å². The summed E-state index contributed by atoms with van der Waals surface area (Å²) in [4.78, 5) is 55.3. The molecule has 2 aliphatic carbocycles. The molecule has 4 fully saturated rings. The van der Waals surface area contributed by atoms with Crippen LogP contribution in [0.3, 0.4) is 0 Å². The van der Waals surface area contributed by atoms with Crippen LogP contribution in [0.15, 0.2) is 65.8 Å². The molecule has 5 heterocycles. The van der Waals surface area contributed by atoms with Crippen LogP contribution in [-0.4, -0.2) is 77.4 Å². The Morgan fingerprint density at radius 3 is 1.67 bits per heavy atom. The van der Waals surface area contributed by atoms with Crippen LogP contribution in [0.1, 0.15) is 86.2 Å².